The lowest BCUT2D eigenvalue weighted by atomic mass is 9.49. The minimum absolute atomic E-state index is 0.574. The standard InChI is InChI=1S/C22H37N/c1-20(2)19-4-5-21(20,3)15-23(14-19)7-6-22-11-16-8-17(12-22)10-18(9-16)13-22/h16-19H,4-15H2,1-3H3/t16?,17?,18?,19?,21-,22?/m0/s1. The van der Waals surface area contributed by atoms with Gasteiger partial charge in [0.05, 0.1) is 0 Å². The molecule has 6 bridgehead atoms. The molecule has 1 unspecified atom stereocenters. The molecule has 0 aromatic carbocycles. The van der Waals surface area contributed by atoms with E-state index in [4.69, 9.17) is 0 Å². The summed E-state index contributed by atoms with van der Waals surface area (Å²) in [6.45, 7) is 11.9. The van der Waals surface area contributed by atoms with Crippen LogP contribution in [-0.4, -0.2) is 24.5 Å². The second kappa shape index (κ2) is 4.77. The van der Waals surface area contributed by atoms with Gasteiger partial charge in [0.25, 0.3) is 0 Å². The van der Waals surface area contributed by atoms with Crippen molar-refractivity contribution in [1.29, 1.82) is 0 Å². The van der Waals surface area contributed by atoms with Gasteiger partial charge in [-0.3, -0.25) is 0 Å². The lowest BCUT2D eigenvalue weighted by molar-refractivity contribution is -0.0709. The fourth-order valence-corrected chi connectivity index (χ4v) is 8.30. The van der Waals surface area contributed by atoms with E-state index in [1.54, 1.807) is 38.5 Å². The third kappa shape index (κ3) is 2.21. The van der Waals surface area contributed by atoms with E-state index in [9.17, 15) is 0 Å². The topological polar surface area (TPSA) is 3.24 Å². The highest BCUT2D eigenvalue weighted by molar-refractivity contribution is 5.07. The van der Waals surface area contributed by atoms with Crippen LogP contribution in [0.1, 0.15) is 78.6 Å². The Morgan fingerprint density at radius 2 is 1.52 bits per heavy atom. The smallest absolute Gasteiger partial charge is 0.00407 e. The zero-order valence-corrected chi connectivity index (χ0v) is 15.7. The first kappa shape index (κ1) is 15.2. The maximum Gasteiger partial charge on any atom is 0.00407 e. The van der Waals surface area contributed by atoms with E-state index in [1.807, 2.05) is 0 Å². The van der Waals surface area contributed by atoms with E-state index in [2.05, 4.69) is 25.7 Å². The Morgan fingerprint density at radius 1 is 0.913 bits per heavy atom. The first-order valence-corrected chi connectivity index (χ1v) is 10.6. The largest absolute Gasteiger partial charge is 0.302 e. The summed E-state index contributed by atoms with van der Waals surface area (Å²) in [5, 5.41) is 0. The first-order valence-electron chi connectivity index (χ1n) is 10.6. The van der Waals surface area contributed by atoms with Crippen LogP contribution >= 0.6 is 0 Å². The second-order valence-corrected chi connectivity index (χ2v) is 11.4. The summed E-state index contributed by atoms with van der Waals surface area (Å²) in [6, 6.07) is 0. The van der Waals surface area contributed by atoms with Crippen LogP contribution in [0, 0.1) is 39.9 Å². The predicted molar refractivity (Wildman–Crippen MR) is 96.3 cm³/mol. The Hall–Kier alpha value is -0.0400. The van der Waals surface area contributed by atoms with Gasteiger partial charge in [-0.15, -0.1) is 0 Å². The molecule has 0 aromatic heterocycles. The Kier molecular flexibility index (Phi) is 3.16. The van der Waals surface area contributed by atoms with Gasteiger partial charge in [0, 0.05) is 13.1 Å². The molecule has 23 heavy (non-hydrogen) atoms. The van der Waals surface area contributed by atoms with Crippen LogP contribution in [-0.2, 0) is 0 Å². The zero-order chi connectivity index (χ0) is 15.9. The average Bonchev–Trinajstić information content (AvgIpc) is 2.61. The summed E-state index contributed by atoms with van der Waals surface area (Å²) >= 11 is 0. The highest BCUT2D eigenvalue weighted by Gasteiger charge is 2.56. The van der Waals surface area contributed by atoms with Crippen molar-refractivity contribution in [3.63, 3.8) is 0 Å². The van der Waals surface area contributed by atoms with Gasteiger partial charge in [-0.2, -0.15) is 0 Å². The van der Waals surface area contributed by atoms with Crippen molar-refractivity contribution < 1.29 is 0 Å². The van der Waals surface area contributed by atoms with Crippen molar-refractivity contribution in [3.8, 4) is 0 Å². The van der Waals surface area contributed by atoms with Crippen molar-refractivity contribution in [2.24, 2.45) is 39.9 Å². The summed E-state index contributed by atoms with van der Waals surface area (Å²) in [7, 11) is 0. The molecule has 1 heterocycles. The van der Waals surface area contributed by atoms with Crippen LogP contribution in [0.25, 0.3) is 0 Å². The van der Waals surface area contributed by atoms with Gasteiger partial charge >= 0.3 is 0 Å². The molecule has 1 heteroatoms. The molecule has 0 radical (unpaired) electrons. The van der Waals surface area contributed by atoms with Crippen LogP contribution < -0.4 is 0 Å². The Bertz CT molecular complexity index is 457. The number of nitrogens with zero attached hydrogens (tertiary/aromatic N) is 1. The van der Waals surface area contributed by atoms with Crippen LogP contribution in [0.5, 0.6) is 0 Å². The SMILES string of the molecule is CC1(C)C2CC[C@@]1(C)CN(CCC13CC4CC(CC(C4)C1)C3)C2. The summed E-state index contributed by atoms with van der Waals surface area (Å²) in [6.07, 6.45) is 14.1. The maximum absolute atomic E-state index is 2.89. The monoisotopic (exact) mass is 315 g/mol. The van der Waals surface area contributed by atoms with Gasteiger partial charge in [-0.1, -0.05) is 20.8 Å². The van der Waals surface area contributed by atoms with Crippen molar-refractivity contribution in [3.05, 3.63) is 0 Å². The molecule has 6 fully saturated rings. The third-order valence-corrected chi connectivity index (χ3v) is 9.80. The summed E-state index contributed by atoms with van der Waals surface area (Å²) in [4.78, 5) is 2.89. The molecule has 0 N–H and O–H groups in total. The molecule has 0 spiro atoms. The second-order valence-electron chi connectivity index (χ2n) is 11.4. The minimum Gasteiger partial charge on any atom is -0.302 e. The van der Waals surface area contributed by atoms with E-state index >= 15 is 0 Å². The van der Waals surface area contributed by atoms with E-state index in [1.165, 1.54) is 38.9 Å². The van der Waals surface area contributed by atoms with Crippen molar-refractivity contribution >= 4 is 0 Å². The number of hydrogen-bond acceptors (Lipinski definition) is 1. The van der Waals surface area contributed by atoms with E-state index in [-0.39, 0.29) is 0 Å². The van der Waals surface area contributed by atoms with Crippen LogP contribution in [0.4, 0.5) is 0 Å². The van der Waals surface area contributed by atoms with Gasteiger partial charge in [0.2, 0.25) is 0 Å². The van der Waals surface area contributed by atoms with Crippen molar-refractivity contribution in [2.45, 2.75) is 78.6 Å². The lowest BCUT2D eigenvalue weighted by Crippen LogP contribution is -2.53. The number of likely N-dealkylation sites (tertiary alicyclic amines) is 1. The maximum atomic E-state index is 2.89. The molecule has 6 aliphatic rings. The summed E-state index contributed by atoms with van der Waals surface area (Å²) < 4.78 is 0. The number of piperidine rings is 1. The molecular weight excluding hydrogens is 278 g/mol. The molecule has 6 rings (SSSR count). The van der Waals surface area contributed by atoms with Crippen molar-refractivity contribution in [1.82, 2.24) is 4.90 Å². The minimum atomic E-state index is 0.574. The molecule has 130 valence electrons. The quantitative estimate of drug-likeness (QED) is 0.678. The molecule has 0 amide bonds. The zero-order valence-electron chi connectivity index (χ0n) is 15.7. The van der Waals surface area contributed by atoms with Gasteiger partial charge < -0.3 is 4.90 Å². The molecule has 1 nitrogen and oxygen atoms in total. The van der Waals surface area contributed by atoms with Crippen LogP contribution in [0.15, 0.2) is 0 Å². The fraction of sp³-hybridized carbons (Fsp3) is 1.00. The number of hydrogen-bond donors (Lipinski definition) is 0. The Balaban J connectivity index is 1.26. The van der Waals surface area contributed by atoms with E-state index in [0.717, 1.165) is 29.1 Å². The fourth-order valence-electron chi connectivity index (χ4n) is 8.30. The average molecular weight is 316 g/mol. The normalized spacial score (nSPS) is 53.9. The van der Waals surface area contributed by atoms with Gasteiger partial charge in [0.1, 0.15) is 0 Å². The van der Waals surface area contributed by atoms with Crippen LogP contribution in [0.3, 0.4) is 0 Å². The number of fused-ring (bicyclic) bond motifs is 2. The third-order valence-electron chi connectivity index (χ3n) is 9.80. The van der Waals surface area contributed by atoms with Crippen LogP contribution in [0.2, 0.25) is 0 Å². The summed E-state index contributed by atoms with van der Waals surface area (Å²) in [5.41, 5.74) is 1.93. The van der Waals surface area contributed by atoms with Gasteiger partial charge in [-0.25, -0.2) is 0 Å². The molecule has 0 aromatic rings. The van der Waals surface area contributed by atoms with Gasteiger partial charge in [-0.05, 0) is 104 Å². The Labute approximate surface area is 143 Å². The summed E-state index contributed by atoms with van der Waals surface area (Å²) in [5.74, 6) is 4.32. The lowest BCUT2D eigenvalue weighted by Gasteiger charge is -2.58. The first-order chi connectivity index (χ1) is 10.9. The molecule has 5 aliphatic carbocycles. The van der Waals surface area contributed by atoms with Crippen molar-refractivity contribution in [2.75, 3.05) is 19.6 Å². The highest BCUT2D eigenvalue weighted by Crippen LogP contribution is 2.62. The predicted octanol–water partition coefficient (Wildman–Crippen LogP) is 5.35. The molecule has 1 aliphatic heterocycles. The molecular formula is C22H37N. The molecule has 2 atom stereocenters. The molecule has 1 saturated heterocycles. The Morgan fingerprint density at radius 3 is 2.09 bits per heavy atom. The van der Waals surface area contributed by atoms with Gasteiger partial charge in [0.15, 0.2) is 0 Å². The highest BCUT2D eigenvalue weighted by atomic mass is 15.2. The van der Waals surface area contributed by atoms with E-state index < -0.39 is 0 Å². The number of rotatable bonds is 3. The molecule has 5 saturated carbocycles. The van der Waals surface area contributed by atoms with E-state index in [0.29, 0.717) is 10.8 Å².